The molecule has 1 nitrogen and oxygen atoms in total. The van der Waals surface area contributed by atoms with Crippen molar-refractivity contribution in [1.29, 1.82) is 0 Å². The van der Waals surface area contributed by atoms with Gasteiger partial charge in [0.25, 0.3) is 0 Å². The van der Waals surface area contributed by atoms with Crippen LogP contribution in [0.3, 0.4) is 0 Å². The average Bonchev–Trinajstić information content (AvgIpc) is 2.43. The first-order chi connectivity index (χ1) is 8.83. The van der Waals surface area contributed by atoms with Gasteiger partial charge in [-0.3, -0.25) is 0 Å². The van der Waals surface area contributed by atoms with Crippen LogP contribution < -0.4 is 10.6 Å². The Morgan fingerprint density at radius 1 is 0.778 bits per heavy atom. The van der Waals surface area contributed by atoms with Gasteiger partial charge in [0.2, 0.25) is 0 Å². The first-order valence-electron chi connectivity index (χ1n) is 6.32. The lowest BCUT2D eigenvalue weighted by atomic mass is 10.4. The summed E-state index contributed by atoms with van der Waals surface area (Å²) in [5.74, 6) is 0. The Hall–Kier alpha value is -1.17. The molecule has 0 amide bonds. The van der Waals surface area contributed by atoms with Crippen molar-refractivity contribution in [1.82, 2.24) is 0 Å². The Labute approximate surface area is 111 Å². The van der Waals surface area contributed by atoms with Gasteiger partial charge in [-0.05, 0) is 31.6 Å². The van der Waals surface area contributed by atoms with E-state index in [9.17, 15) is 0 Å². The van der Waals surface area contributed by atoms with Crippen molar-refractivity contribution in [3.05, 3.63) is 60.7 Å². The van der Waals surface area contributed by atoms with E-state index in [0.717, 1.165) is 0 Å². The normalized spacial score (nSPS) is 9.78. The van der Waals surface area contributed by atoms with E-state index >= 15 is 0 Å². The van der Waals surface area contributed by atoms with Crippen molar-refractivity contribution >= 4 is 18.5 Å². The molecule has 18 heavy (non-hydrogen) atoms. The third-order valence-electron chi connectivity index (χ3n) is 2.45. The highest BCUT2D eigenvalue weighted by Crippen LogP contribution is 2.32. The summed E-state index contributed by atoms with van der Waals surface area (Å²) in [6.07, 6.45) is 1.21. The molecule has 0 aliphatic heterocycles. The molecule has 0 spiro atoms. The van der Waals surface area contributed by atoms with Crippen LogP contribution in [0.15, 0.2) is 60.7 Å². The molecular weight excluding hydrogens is 239 g/mol. The summed E-state index contributed by atoms with van der Waals surface area (Å²) in [6, 6.07) is 21.6. The van der Waals surface area contributed by atoms with Crippen LogP contribution in [0.4, 0.5) is 0 Å². The fraction of sp³-hybridized carbons (Fsp3) is 0.250. The topological polar surface area (TPSA) is 20.2 Å². The predicted molar refractivity (Wildman–Crippen MR) is 82.4 cm³/mol. The summed E-state index contributed by atoms with van der Waals surface area (Å²) in [6.45, 7) is 4.20. The molecule has 2 aromatic rings. The highest BCUT2D eigenvalue weighted by Gasteiger charge is 2.09. The molecule has 1 N–H and O–H groups in total. The van der Waals surface area contributed by atoms with Crippen molar-refractivity contribution in [2.75, 3.05) is 12.8 Å². The molecule has 0 aromatic heterocycles. The molecule has 0 saturated heterocycles. The second-order valence-corrected chi connectivity index (χ2v) is 6.25. The van der Waals surface area contributed by atoms with E-state index in [4.69, 9.17) is 5.11 Å². The van der Waals surface area contributed by atoms with Gasteiger partial charge in [0.1, 0.15) is 0 Å². The number of aliphatic hydroxyl groups excluding tert-OH is 1. The van der Waals surface area contributed by atoms with Crippen LogP contribution in [0.1, 0.15) is 13.8 Å². The van der Waals surface area contributed by atoms with Gasteiger partial charge in [-0.15, -0.1) is 0 Å². The van der Waals surface area contributed by atoms with Gasteiger partial charge < -0.3 is 5.11 Å². The second-order valence-electron chi connectivity index (χ2n) is 3.73. The number of rotatable bonds is 3. The summed E-state index contributed by atoms with van der Waals surface area (Å²) >= 11 is 0. The summed E-state index contributed by atoms with van der Waals surface area (Å²) in [5, 5.41) is 10.5. The van der Waals surface area contributed by atoms with E-state index in [1.165, 1.54) is 16.8 Å². The van der Waals surface area contributed by atoms with Crippen LogP contribution in [0.25, 0.3) is 0 Å². The van der Waals surface area contributed by atoms with Crippen molar-refractivity contribution in [3.8, 4) is 0 Å². The van der Waals surface area contributed by atoms with E-state index in [-0.39, 0.29) is 14.5 Å². The minimum absolute atomic E-state index is 0.149. The Morgan fingerprint density at radius 2 is 1.11 bits per heavy atom. The molecule has 2 aromatic carbocycles. The van der Waals surface area contributed by atoms with E-state index in [0.29, 0.717) is 0 Å². The van der Waals surface area contributed by atoms with E-state index < -0.39 is 0 Å². The van der Waals surface area contributed by atoms with Crippen LogP contribution in [-0.4, -0.2) is 17.9 Å². The van der Waals surface area contributed by atoms with Crippen molar-refractivity contribution in [2.24, 2.45) is 0 Å². The Balaban J connectivity index is 0.000000492. The van der Waals surface area contributed by atoms with Crippen molar-refractivity contribution < 1.29 is 5.11 Å². The summed E-state index contributed by atoms with van der Waals surface area (Å²) in [5.41, 5.74) is 0. The zero-order valence-electron chi connectivity index (χ0n) is 11.1. The fourth-order valence-electron chi connectivity index (χ4n) is 1.73. The lowest BCUT2D eigenvalue weighted by Crippen LogP contribution is -2.12. The second kappa shape index (κ2) is 8.85. The summed E-state index contributed by atoms with van der Waals surface area (Å²) < 4.78 is 0. The zero-order chi connectivity index (χ0) is 13.2. The van der Waals surface area contributed by atoms with Gasteiger partial charge in [0.05, 0.1) is 0 Å². The first kappa shape index (κ1) is 14.9. The average molecular weight is 260 g/mol. The van der Waals surface area contributed by atoms with Crippen molar-refractivity contribution in [2.45, 2.75) is 13.8 Å². The zero-order valence-corrected chi connectivity index (χ0v) is 12.0. The molecule has 0 radical (unpaired) electrons. The van der Waals surface area contributed by atoms with E-state index in [1.807, 2.05) is 0 Å². The maximum absolute atomic E-state index is 7.57. The van der Waals surface area contributed by atoms with Gasteiger partial charge in [0, 0.05) is 6.61 Å². The lowest BCUT2D eigenvalue weighted by Gasteiger charge is -2.16. The van der Waals surface area contributed by atoms with Gasteiger partial charge in [-0.25, -0.2) is 0 Å². The number of hydrogen-bond donors (Lipinski definition) is 1. The number of hydrogen-bond acceptors (Lipinski definition) is 1. The monoisotopic (exact) mass is 260 g/mol. The predicted octanol–water partition coefficient (Wildman–Crippen LogP) is 3.14. The minimum atomic E-state index is -0.149. The highest BCUT2D eigenvalue weighted by atomic mass is 31.1. The Morgan fingerprint density at radius 3 is 1.39 bits per heavy atom. The first-order valence-corrected chi connectivity index (χ1v) is 7.84. The van der Waals surface area contributed by atoms with Crippen LogP contribution >= 0.6 is 7.92 Å². The third-order valence-corrected chi connectivity index (χ3v) is 4.93. The number of aliphatic hydroxyl groups is 1. The van der Waals surface area contributed by atoms with Gasteiger partial charge in [0.15, 0.2) is 0 Å². The molecule has 0 atom stereocenters. The molecule has 0 bridgehead atoms. The van der Waals surface area contributed by atoms with E-state index in [2.05, 4.69) is 67.6 Å². The van der Waals surface area contributed by atoms with Gasteiger partial charge in [-0.2, -0.15) is 0 Å². The largest absolute Gasteiger partial charge is 0.397 e. The molecular formula is C16H21OP. The third kappa shape index (κ3) is 4.60. The quantitative estimate of drug-likeness (QED) is 0.841. The van der Waals surface area contributed by atoms with Crippen LogP contribution in [0.5, 0.6) is 0 Å². The summed E-state index contributed by atoms with van der Waals surface area (Å²) in [4.78, 5) is 0. The van der Waals surface area contributed by atoms with Crippen molar-refractivity contribution in [3.63, 3.8) is 0 Å². The molecule has 0 aliphatic carbocycles. The highest BCUT2D eigenvalue weighted by molar-refractivity contribution is 7.72. The Kier molecular flexibility index (Phi) is 7.32. The van der Waals surface area contributed by atoms with E-state index in [1.54, 1.807) is 6.92 Å². The molecule has 0 aliphatic rings. The molecule has 0 fully saturated rings. The Bertz CT molecular complexity index is 374. The molecule has 2 rings (SSSR count). The van der Waals surface area contributed by atoms with Crippen LogP contribution in [0.2, 0.25) is 0 Å². The minimum Gasteiger partial charge on any atom is -0.397 e. The molecule has 2 heteroatoms. The maximum Gasteiger partial charge on any atom is 0.0402 e. The van der Waals surface area contributed by atoms with Gasteiger partial charge >= 0.3 is 0 Å². The number of benzene rings is 2. The standard InChI is InChI=1S/C14H15P.C2H6O/c1-2-15(13-9-5-3-6-10-13)14-11-7-4-8-12-14;1-2-3/h3-12H,2H2,1H3;3H,2H2,1H3. The SMILES string of the molecule is CCO.CCP(c1ccccc1)c1ccccc1. The maximum atomic E-state index is 7.57. The smallest absolute Gasteiger partial charge is 0.0402 e. The molecule has 0 saturated carbocycles. The molecule has 0 unspecified atom stereocenters. The van der Waals surface area contributed by atoms with Gasteiger partial charge in [-0.1, -0.05) is 67.6 Å². The fourth-order valence-corrected chi connectivity index (χ4v) is 3.82. The lowest BCUT2D eigenvalue weighted by molar-refractivity contribution is 0.318. The van der Waals surface area contributed by atoms with Crippen LogP contribution in [0, 0.1) is 0 Å². The summed E-state index contributed by atoms with van der Waals surface area (Å²) in [7, 11) is -0.149. The molecule has 0 heterocycles. The molecule has 96 valence electrons. The van der Waals surface area contributed by atoms with Crippen LogP contribution in [-0.2, 0) is 0 Å².